The van der Waals surface area contributed by atoms with Crippen LogP contribution in [0.3, 0.4) is 0 Å². The highest BCUT2D eigenvalue weighted by molar-refractivity contribution is 5.88. The van der Waals surface area contributed by atoms with E-state index in [1.165, 1.54) is 4.90 Å². The van der Waals surface area contributed by atoms with Crippen LogP contribution in [-0.4, -0.2) is 44.5 Å². The van der Waals surface area contributed by atoms with Gasteiger partial charge < -0.3 is 10.0 Å². The molecule has 0 bridgehead atoms. The van der Waals surface area contributed by atoms with E-state index in [-0.39, 0.29) is 12.6 Å². The number of nitrogens with one attached hydrogen (secondary N) is 1. The molecule has 96 valence electrons. The van der Waals surface area contributed by atoms with Crippen LogP contribution in [0.5, 0.6) is 0 Å². The summed E-state index contributed by atoms with van der Waals surface area (Å²) in [5.74, 6) is 0.506. The van der Waals surface area contributed by atoms with Crippen molar-refractivity contribution >= 4 is 11.8 Å². The maximum atomic E-state index is 11.9. The molecule has 0 saturated carbocycles. The summed E-state index contributed by atoms with van der Waals surface area (Å²) in [6.45, 7) is 6.02. The predicted octanol–water partition coefficient (Wildman–Crippen LogP) is 1.04. The highest BCUT2D eigenvalue weighted by Gasteiger charge is 2.21. The van der Waals surface area contributed by atoms with Crippen LogP contribution in [0.25, 0.3) is 0 Å². The maximum Gasteiger partial charge on any atom is 0.323 e. The van der Waals surface area contributed by atoms with Crippen molar-refractivity contribution in [2.24, 2.45) is 7.05 Å². The Morgan fingerprint density at radius 1 is 1.65 bits per heavy atom. The third kappa shape index (κ3) is 4.44. The molecule has 1 heterocycles. The molecule has 1 aromatic rings. The Morgan fingerprint density at radius 2 is 2.29 bits per heavy atom. The summed E-state index contributed by atoms with van der Waals surface area (Å²) in [7, 11) is 1.78. The van der Waals surface area contributed by atoms with Gasteiger partial charge in [0, 0.05) is 25.9 Å². The fourth-order valence-electron chi connectivity index (χ4n) is 1.46. The zero-order chi connectivity index (χ0) is 13.1. The van der Waals surface area contributed by atoms with Gasteiger partial charge in [-0.3, -0.25) is 10.00 Å². The number of aliphatic hydroxyl groups is 1. The van der Waals surface area contributed by atoms with Crippen molar-refractivity contribution in [1.29, 1.82) is 0 Å². The molecular weight excluding hydrogens is 220 g/mol. The van der Waals surface area contributed by atoms with Gasteiger partial charge in [-0.15, -0.1) is 0 Å². The minimum absolute atomic E-state index is 0.256. The maximum absolute atomic E-state index is 11.9. The fraction of sp³-hybridized carbons (Fsp3) is 0.636. The molecular formula is C11H20N4O2. The van der Waals surface area contributed by atoms with Crippen LogP contribution in [-0.2, 0) is 7.05 Å². The van der Waals surface area contributed by atoms with Gasteiger partial charge in [-0.05, 0) is 20.8 Å². The van der Waals surface area contributed by atoms with Crippen molar-refractivity contribution in [1.82, 2.24) is 14.7 Å². The van der Waals surface area contributed by atoms with E-state index in [0.717, 1.165) is 0 Å². The van der Waals surface area contributed by atoms with Gasteiger partial charge in [-0.1, -0.05) is 0 Å². The quantitative estimate of drug-likeness (QED) is 0.826. The average Bonchev–Trinajstić information content (AvgIpc) is 2.59. The summed E-state index contributed by atoms with van der Waals surface area (Å²) in [4.78, 5) is 13.4. The van der Waals surface area contributed by atoms with Crippen LogP contribution in [0, 0.1) is 0 Å². The minimum Gasteiger partial charge on any atom is -0.389 e. The number of aromatic nitrogens is 2. The summed E-state index contributed by atoms with van der Waals surface area (Å²) < 4.78 is 1.61. The van der Waals surface area contributed by atoms with E-state index < -0.39 is 5.60 Å². The van der Waals surface area contributed by atoms with E-state index in [0.29, 0.717) is 12.4 Å². The van der Waals surface area contributed by atoms with Crippen molar-refractivity contribution < 1.29 is 9.90 Å². The number of aryl methyl sites for hydroxylation is 1. The van der Waals surface area contributed by atoms with Crippen molar-refractivity contribution in [3.63, 3.8) is 0 Å². The summed E-state index contributed by atoms with van der Waals surface area (Å²) >= 11 is 0. The molecule has 0 aliphatic heterocycles. The number of carbonyl (C=O) groups excluding carboxylic acids is 1. The normalized spacial score (nSPS) is 11.4. The molecule has 0 radical (unpaired) electrons. The number of nitrogens with zero attached hydrogens (tertiary/aromatic N) is 3. The first-order valence-electron chi connectivity index (χ1n) is 5.60. The molecule has 17 heavy (non-hydrogen) atoms. The van der Waals surface area contributed by atoms with Crippen molar-refractivity contribution in [3.8, 4) is 0 Å². The Morgan fingerprint density at radius 3 is 2.71 bits per heavy atom. The molecule has 0 atom stereocenters. The van der Waals surface area contributed by atoms with E-state index in [1.54, 1.807) is 37.8 Å². The van der Waals surface area contributed by atoms with Crippen LogP contribution in [0.15, 0.2) is 12.3 Å². The van der Waals surface area contributed by atoms with Crippen LogP contribution >= 0.6 is 0 Å². The first-order valence-corrected chi connectivity index (χ1v) is 5.60. The Hall–Kier alpha value is -1.56. The lowest BCUT2D eigenvalue weighted by Crippen LogP contribution is -2.44. The van der Waals surface area contributed by atoms with E-state index in [9.17, 15) is 9.90 Å². The lowest BCUT2D eigenvalue weighted by molar-refractivity contribution is 0.0501. The van der Waals surface area contributed by atoms with E-state index in [1.807, 2.05) is 6.92 Å². The molecule has 0 aliphatic carbocycles. The van der Waals surface area contributed by atoms with Crippen molar-refractivity contribution in [2.75, 3.05) is 18.4 Å². The number of anilines is 1. The second kappa shape index (κ2) is 5.18. The summed E-state index contributed by atoms with van der Waals surface area (Å²) in [6, 6.07) is 1.46. The van der Waals surface area contributed by atoms with E-state index in [4.69, 9.17) is 0 Å². The minimum atomic E-state index is -0.905. The van der Waals surface area contributed by atoms with Crippen LogP contribution < -0.4 is 5.32 Å². The monoisotopic (exact) mass is 240 g/mol. The van der Waals surface area contributed by atoms with Gasteiger partial charge >= 0.3 is 6.03 Å². The molecule has 0 aromatic carbocycles. The number of rotatable bonds is 4. The second-order valence-electron chi connectivity index (χ2n) is 4.63. The smallest absolute Gasteiger partial charge is 0.323 e. The molecule has 1 rings (SSSR count). The number of carbonyl (C=O) groups is 1. The highest BCUT2D eigenvalue weighted by atomic mass is 16.3. The number of amides is 2. The Balaban J connectivity index is 2.61. The molecule has 6 nitrogen and oxygen atoms in total. The third-order valence-electron chi connectivity index (χ3n) is 2.20. The van der Waals surface area contributed by atoms with Gasteiger partial charge in [0.2, 0.25) is 0 Å². The molecule has 0 unspecified atom stereocenters. The van der Waals surface area contributed by atoms with Gasteiger partial charge in [-0.25, -0.2) is 4.79 Å². The molecule has 2 N–H and O–H groups in total. The van der Waals surface area contributed by atoms with Gasteiger partial charge in [0.1, 0.15) is 0 Å². The molecule has 0 spiro atoms. The van der Waals surface area contributed by atoms with Gasteiger partial charge in [0.05, 0.1) is 12.1 Å². The van der Waals surface area contributed by atoms with Gasteiger partial charge in [0.15, 0.2) is 5.82 Å². The Kier molecular flexibility index (Phi) is 4.11. The van der Waals surface area contributed by atoms with Gasteiger partial charge in [-0.2, -0.15) is 5.10 Å². The summed E-state index contributed by atoms with van der Waals surface area (Å²) in [5, 5.41) is 16.4. The zero-order valence-electron chi connectivity index (χ0n) is 10.8. The lowest BCUT2D eigenvalue weighted by Gasteiger charge is -2.27. The number of hydrogen-bond donors (Lipinski definition) is 2. The molecule has 2 amide bonds. The number of hydrogen-bond acceptors (Lipinski definition) is 3. The van der Waals surface area contributed by atoms with E-state index >= 15 is 0 Å². The Labute approximate surface area is 101 Å². The molecule has 1 aromatic heterocycles. The fourth-order valence-corrected chi connectivity index (χ4v) is 1.46. The summed E-state index contributed by atoms with van der Waals surface area (Å²) in [5.41, 5.74) is -0.905. The molecule has 0 aliphatic rings. The predicted molar refractivity (Wildman–Crippen MR) is 65.8 cm³/mol. The number of likely N-dealkylation sites (N-methyl/N-ethyl adjacent to an activating group) is 1. The molecule has 0 fully saturated rings. The molecule has 6 heteroatoms. The van der Waals surface area contributed by atoms with E-state index in [2.05, 4.69) is 10.4 Å². The average molecular weight is 240 g/mol. The van der Waals surface area contributed by atoms with Crippen molar-refractivity contribution in [3.05, 3.63) is 12.3 Å². The van der Waals surface area contributed by atoms with Crippen molar-refractivity contribution in [2.45, 2.75) is 26.4 Å². The molecule has 0 saturated heterocycles. The zero-order valence-corrected chi connectivity index (χ0v) is 10.8. The Bertz CT molecular complexity index is 381. The van der Waals surface area contributed by atoms with Crippen LogP contribution in [0.1, 0.15) is 20.8 Å². The second-order valence-corrected chi connectivity index (χ2v) is 4.63. The summed E-state index contributed by atoms with van der Waals surface area (Å²) in [6.07, 6.45) is 1.75. The lowest BCUT2D eigenvalue weighted by atomic mass is 10.1. The highest BCUT2D eigenvalue weighted by Crippen LogP contribution is 2.08. The standard InChI is InChI=1S/C11H20N4O2/c1-5-15(8-11(2,3)17)10(16)12-9-6-7-14(4)13-9/h6-7,17H,5,8H2,1-4H3,(H,12,13,16). The largest absolute Gasteiger partial charge is 0.389 e. The first kappa shape index (κ1) is 13.5. The topological polar surface area (TPSA) is 70.4 Å². The van der Waals surface area contributed by atoms with Gasteiger partial charge in [0.25, 0.3) is 0 Å². The number of urea groups is 1. The SMILES string of the molecule is CCN(CC(C)(C)O)C(=O)Nc1ccn(C)n1. The first-order chi connectivity index (χ1) is 7.81. The van der Waals surface area contributed by atoms with Crippen LogP contribution in [0.4, 0.5) is 10.6 Å². The van der Waals surface area contributed by atoms with Crippen LogP contribution in [0.2, 0.25) is 0 Å². The third-order valence-corrected chi connectivity index (χ3v) is 2.20.